The van der Waals surface area contributed by atoms with Gasteiger partial charge in [0.25, 0.3) is 10.0 Å². The number of hydrogen-bond donors (Lipinski definition) is 0. The molecule has 1 atom stereocenters. The first-order valence-corrected chi connectivity index (χ1v) is 10.4. The molecule has 0 amide bonds. The van der Waals surface area contributed by atoms with Crippen LogP contribution in [0.5, 0.6) is 0 Å². The molecule has 0 unspecified atom stereocenters. The maximum atomic E-state index is 12.6. The van der Waals surface area contributed by atoms with Gasteiger partial charge in [-0.25, -0.2) is 8.42 Å². The van der Waals surface area contributed by atoms with Crippen molar-refractivity contribution in [1.82, 2.24) is 19.3 Å². The molecular formula is C14H19ClN4O3S2. The number of nitrogens with zero attached hydrogens (tertiary/aromatic N) is 4. The number of thiophene rings is 1. The van der Waals surface area contributed by atoms with E-state index in [0.717, 1.165) is 17.8 Å². The molecule has 1 aliphatic heterocycles. The fourth-order valence-electron chi connectivity index (χ4n) is 2.63. The van der Waals surface area contributed by atoms with Crippen molar-refractivity contribution >= 4 is 33.0 Å². The number of aromatic nitrogens is 2. The van der Waals surface area contributed by atoms with Gasteiger partial charge in [0.05, 0.1) is 10.4 Å². The standard InChI is InChI=1S/C14H19ClN4O3S2/c1-3-12-16-14(22-17-12)10(2)18-6-8-19(9-7-18)24(20,21)13-5-4-11(15)23-13/h4-5,10H,3,6-9H2,1-2H3/t10-/m1/s1. The Bertz CT molecular complexity index is 797. The zero-order valence-electron chi connectivity index (χ0n) is 13.5. The highest BCUT2D eigenvalue weighted by molar-refractivity contribution is 7.91. The highest BCUT2D eigenvalue weighted by atomic mass is 35.5. The molecule has 1 fully saturated rings. The Kier molecular flexibility index (Phi) is 5.26. The molecule has 2 aromatic rings. The largest absolute Gasteiger partial charge is 0.338 e. The monoisotopic (exact) mass is 390 g/mol. The Morgan fingerprint density at radius 1 is 1.33 bits per heavy atom. The number of halogens is 1. The first-order chi connectivity index (χ1) is 11.4. The average Bonchev–Trinajstić information content (AvgIpc) is 3.23. The van der Waals surface area contributed by atoms with Crippen LogP contribution in [-0.2, 0) is 16.4 Å². The molecule has 0 aromatic carbocycles. The van der Waals surface area contributed by atoms with Crippen LogP contribution in [0.1, 0.15) is 31.6 Å². The number of rotatable bonds is 5. The van der Waals surface area contributed by atoms with Gasteiger partial charge in [-0.15, -0.1) is 11.3 Å². The minimum absolute atomic E-state index is 0.0289. The zero-order chi connectivity index (χ0) is 17.3. The molecule has 1 saturated heterocycles. The molecule has 3 heterocycles. The van der Waals surface area contributed by atoms with Crippen molar-refractivity contribution in [2.75, 3.05) is 26.2 Å². The molecule has 0 aliphatic carbocycles. The third-order valence-corrected chi connectivity index (χ3v) is 7.72. The molecule has 7 nitrogen and oxygen atoms in total. The van der Waals surface area contributed by atoms with Crippen molar-refractivity contribution < 1.29 is 12.9 Å². The van der Waals surface area contributed by atoms with Crippen molar-refractivity contribution in [3.8, 4) is 0 Å². The van der Waals surface area contributed by atoms with E-state index >= 15 is 0 Å². The van der Waals surface area contributed by atoms with Crippen LogP contribution in [0.2, 0.25) is 4.34 Å². The summed E-state index contributed by atoms with van der Waals surface area (Å²) in [4.78, 5) is 6.51. The fraction of sp³-hybridized carbons (Fsp3) is 0.571. The Balaban J connectivity index is 1.65. The Labute approximate surface area is 150 Å². The SMILES string of the molecule is CCc1noc([C@@H](C)N2CCN(S(=O)(=O)c3ccc(Cl)s3)CC2)n1. The molecule has 0 N–H and O–H groups in total. The second-order valence-corrected chi connectivity index (χ2v) is 9.46. The highest BCUT2D eigenvalue weighted by Gasteiger charge is 2.32. The molecule has 10 heteroatoms. The summed E-state index contributed by atoms with van der Waals surface area (Å²) >= 11 is 6.94. The lowest BCUT2D eigenvalue weighted by molar-refractivity contribution is 0.124. The quantitative estimate of drug-likeness (QED) is 0.780. The lowest BCUT2D eigenvalue weighted by Gasteiger charge is -2.35. The third kappa shape index (κ3) is 3.50. The summed E-state index contributed by atoms with van der Waals surface area (Å²) in [6.45, 7) is 6.05. The van der Waals surface area contributed by atoms with E-state index in [9.17, 15) is 8.42 Å². The molecule has 24 heavy (non-hydrogen) atoms. The van der Waals surface area contributed by atoms with Crippen LogP contribution in [0.15, 0.2) is 20.9 Å². The smallest absolute Gasteiger partial charge is 0.252 e. The fourth-order valence-corrected chi connectivity index (χ4v) is 5.69. The van der Waals surface area contributed by atoms with E-state index in [0.29, 0.717) is 46.4 Å². The maximum absolute atomic E-state index is 12.6. The van der Waals surface area contributed by atoms with E-state index in [1.807, 2.05) is 13.8 Å². The predicted molar refractivity (Wildman–Crippen MR) is 91.8 cm³/mol. The van der Waals surface area contributed by atoms with Gasteiger partial charge in [-0.3, -0.25) is 4.90 Å². The van der Waals surface area contributed by atoms with E-state index in [1.54, 1.807) is 12.1 Å². The molecule has 1 aliphatic rings. The minimum atomic E-state index is -3.47. The van der Waals surface area contributed by atoms with Crippen molar-refractivity contribution in [3.05, 3.63) is 28.2 Å². The minimum Gasteiger partial charge on any atom is -0.338 e. The Hall–Kier alpha value is -1.00. The summed E-state index contributed by atoms with van der Waals surface area (Å²) in [5.74, 6) is 1.26. The molecule has 0 radical (unpaired) electrons. The van der Waals surface area contributed by atoms with Crippen LogP contribution in [0, 0.1) is 0 Å². The zero-order valence-corrected chi connectivity index (χ0v) is 15.9. The van der Waals surface area contributed by atoms with Gasteiger partial charge < -0.3 is 4.52 Å². The maximum Gasteiger partial charge on any atom is 0.252 e. The van der Waals surface area contributed by atoms with Gasteiger partial charge in [0, 0.05) is 32.6 Å². The van der Waals surface area contributed by atoms with Crippen molar-refractivity contribution in [2.24, 2.45) is 0 Å². The number of piperazine rings is 1. The summed E-state index contributed by atoms with van der Waals surface area (Å²) < 4.78 is 32.8. The normalized spacial score (nSPS) is 18.8. The molecule has 0 saturated carbocycles. The second kappa shape index (κ2) is 7.09. The van der Waals surface area contributed by atoms with E-state index in [1.165, 1.54) is 4.31 Å². The Morgan fingerprint density at radius 2 is 2.04 bits per heavy atom. The van der Waals surface area contributed by atoms with Crippen LogP contribution < -0.4 is 0 Å². The average molecular weight is 391 g/mol. The van der Waals surface area contributed by atoms with Gasteiger partial charge in [0.2, 0.25) is 5.89 Å². The van der Waals surface area contributed by atoms with Crippen LogP contribution in [0.25, 0.3) is 0 Å². The van der Waals surface area contributed by atoms with Crippen LogP contribution >= 0.6 is 22.9 Å². The summed E-state index contributed by atoms with van der Waals surface area (Å²) in [6, 6.07) is 3.14. The van der Waals surface area contributed by atoms with Crippen LogP contribution in [0.3, 0.4) is 0 Å². The van der Waals surface area contributed by atoms with Gasteiger partial charge in [0.15, 0.2) is 5.82 Å². The van der Waals surface area contributed by atoms with Gasteiger partial charge in [0.1, 0.15) is 4.21 Å². The summed E-state index contributed by atoms with van der Waals surface area (Å²) in [5.41, 5.74) is 0. The Morgan fingerprint density at radius 3 is 2.58 bits per heavy atom. The second-order valence-electron chi connectivity index (χ2n) is 5.58. The lowest BCUT2D eigenvalue weighted by atomic mass is 10.2. The first kappa shape index (κ1) is 17.8. The van der Waals surface area contributed by atoms with Crippen molar-refractivity contribution in [1.29, 1.82) is 0 Å². The molecule has 3 rings (SSSR count). The van der Waals surface area contributed by atoms with E-state index in [4.69, 9.17) is 16.1 Å². The van der Waals surface area contributed by atoms with Crippen LogP contribution in [-0.4, -0.2) is 53.9 Å². The number of hydrogen-bond acceptors (Lipinski definition) is 7. The third-order valence-electron chi connectivity index (χ3n) is 4.12. The molecule has 2 aromatic heterocycles. The number of sulfonamides is 1. The molecular weight excluding hydrogens is 372 g/mol. The van der Waals surface area contributed by atoms with Crippen molar-refractivity contribution in [3.63, 3.8) is 0 Å². The summed E-state index contributed by atoms with van der Waals surface area (Å²) in [6.07, 6.45) is 0.728. The van der Waals surface area contributed by atoms with Crippen molar-refractivity contribution in [2.45, 2.75) is 30.5 Å². The predicted octanol–water partition coefficient (Wildman–Crippen LogP) is 2.41. The summed E-state index contributed by atoms with van der Waals surface area (Å²) in [7, 11) is -3.47. The van der Waals surface area contributed by atoms with Gasteiger partial charge >= 0.3 is 0 Å². The first-order valence-electron chi connectivity index (χ1n) is 7.74. The van der Waals surface area contributed by atoms with Gasteiger partial charge in [-0.2, -0.15) is 9.29 Å². The molecule has 132 valence electrons. The lowest BCUT2D eigenvalue weighted by Crippen LogP contribution is -2.49. The van der Waals surface area contributed by atoms with Crippen LogP contribution in [0.4, 0.5) is 0 Å². The molecule has 0 bridgehead atoms. The van der Waals surface area contributed by atoms with E-state index in [-0.39, 0.29) is 6.04 Å². The van der Waals surface area contributed by atoms with Gasteiger partial charge in [-0.1, -0.05) is 23.7 Å². The van der Waals surface area contributed by atoms with Gasteiger partial charge in [-0.05, 0) is 19.1 Å². The van der Waals surface area contributed by atoms with E-state index in [2.05, 4.69) is 15.0 Å². The summed E-state index contributed by atoms with van der Waals surface area (Å²) in [5, 5.41) is 3.92. The van der Waals surface area contributed by atoms with E-state index < -0.39 is 10.0 Å². The topological polar surface area (TPSA) is 79.5 Å². The molecule has 0 spiro atoms. The highest BCUT2D eigenvalue weighted by Crippen LogP contribution is 2.29. The number of aryl methyl sites for hydroxylation is 1.